The van der Waals surface area contributed by atoms with E-state index in [1.54, 1.807) is 13.0 Å². The number of hydrogen-bond donors (Lipinski definition) is 2. The number of para-hydroxylation sites is 1. The lowest BCUT2D eigenvalue weighted by Crippen LogP contribution is -2.51. The van der Waals surface area contributed by atoms with Crippen molar-refractivity contribution in [1.29, 1.82) is 0 Å². The molecule has 33 heavy (non-hydrogen) atoms. The summed E-state index contributed by atoms with van der Waals surface area (Å²) in [6.45, 7) is 2.19. The fraction of sp³-hybridized carbons (Fsp3) is 0.174. The molecule has 7 nitrogen and oxygen atoms in total. The number of aromatic nitrogens is 1. The largest absolute Gasteiger partial charge is 0.492 e. The minimum Gasteiger partial charge on any atom is -0.492 e. The van der Waals surface area contributed by atoms with Crippen LogP contribution in [0.3, 0.4) is 0 Å². The van der Waals surface area contributed by atoms with Gasteiger partial charge in [0.25, 0.3) is 11.8 Å². The lowest BCUT2D eigenvalue weighted by Gasteiger charge is -2.14. The number of barbiturate groups is 1. The van der Waals surface area contributed by atoms with Crippen molar-refractivity contribution in [3.05, 3.63) is 70.9 Å². The van der Waals surface area contributed by atoms with Gasteiger partial charge in [-0.3, -0.25) is 20.2 Å². The van der Waals surface area contributed by atoms with Gasteiger partial charge in [-0.15, -0.1) is 0 Å². The molecule has 4 rings (SSSR count). The first-order valence-electron chi connectivity index (χ1n) is 9.91. The number of carbonyl (C=O) groups excluding carboxylic acids is 3. The maximum absolute atomic E-state index is 12.9. The van der Waals surface area contributed by atoms with Gasteiger partial charge < -0.3 is 9.30 Å². The van der Waals surface area contributed by atoms with Crippen molar-refractivity contribution < 1.29 is 32.3 Å². The number of hydrogen-bond acceptors (Lipinski definition) is 4. The first kappa shape index (κ1) is 22.1. The van der Waals surface area contributed by atoms with Crippen LogP contribution in [0.2, 0.25) is 0 Å². The highest BCUT2D eigenvalue weighted by atomic mass is 19.4. The number of ether oxygens (including phenoxy) is 1. The number of rotatable bonds is 5. The molecule has 0 saturated carbocycles. The van der Waals surface area contributed by atoms with E-state index in [0.29, 0.717) is 17.8 Å². The molecule has 10 heteroatoms. The van der Waals surface area contributed by atoms with Crippen LogP contribution < -0.4 is 15.4 Å². The highest BCUT2D eigenvalue weighted by molar-refractivity contribution is 6.31. The Hall–Kier alpha value is -4.08. The number of halogens is 3. The van der Waals surface area contributed by atoms with Crippen molar-refractivity contribution in [3.63, 3.8) is 0 Å². The monoisotopic (exact) mass is 457 g/mol. The van der Waals surface area contributed by atoms with E-state index in [1.807, 2.05) is 33.4 Å². The van der Waals surface area contributed by atoms with Crippen LogP contribution in [0.5, 0.6) is 5.75 Å². The Bertz CT molecular complexity index is 1290. The normalized spacial score (nSPS) is 14.3. The van der Waals surface area contributed by atoms with Gasteiger partial charge in [0, 0.05) is 22.2 Å². The molecule has 4 amide bonds. The summed E-state index contributed by atoms with van der Waals surface area (Å²) in [7, 11) is 0. The van der Waals surface area contributed by atoms with Crippen LogP contribution in [0.25, 0.3) is 17.0 Å². The van der Waals surface area contributed by atoms with Crippen molar-refractivity contribution in [1.82, 2.24) is 15.2 Å². The van der Waals surface area contributed by atoms with Crippen LogP contribution in [0, 0.1) is 6.92 Å². The molecule has 1 saturated heterocycles. The average Bonchev–Trinajstić information content (AvgIpc) is 3.01. The minimum atomic E-state index is -4.46. The number of carbonyl (C=O) groups is 3. The maximum Gasteiger partial charge on any atom is 0.416 e. The van der Waals surface area contributed by atoms with Gasteiger partial charge in [-0.2, -0.15) is 13.2 Å². The zero-order valence-electron chi connectivity index (χ0n) is 17.3. The topological polar surface area (TPSA) is 89.4 Å². The van der Waals surface area contributed by atoms with Gasteiger partial charge in [0.15, 0.2) is 0 Å². The van der Waals surface area contributed by atoms with Gasteiger partial charge >= 0.3 is 12.2 Å². The molecule has 1 aromatic heterocycles. The average molecular weight is 457 g/mol. The number of nitrogens with zero attached hydrogens (tertiary/aromatic N) is 1. The third kappa shape index (κ3) is 4.45. The van der Waals surface area contributed by atoms with Gasteiger partial charge in [-0.1, -0.05) is 24.3 Å². The first-order chi connectivity index (χ1) is 15.6. The van der Waals surface area contributed by atoms with E-state index in [9.17, 15) is 27.6 Å². The smallest absolute Gasteiger partial charge is 0.416 e. The molecular weight excluding hydrogens is 439 g/mol. The van der Waals surface area contributed by atoms with Gasteiger partial charge in [0.2, 0.25) is 0 Å². The van der Waals surface area contributed by atoms with Crippen LogP contribution in [0.15, 0.2) is 54.1 Å². The Morgan fingerprint density at radius 1 is 1.00 bits per heavy atom. The molecular formula is C23H18F3N3O4. The number of nitrogens with one attached hydrogen (secondary N) is 2. The summed E-state index contributed by atoms with van der Waals surface area (Å²) in [5.41, 5.74) is 1.12. The highest BCUT2D eigenvalue weighted by Gasteiger charge is 2.31. The summed E-state index contributed by atoms with van der Waals surface area (Å²) >= 11 is 0. The van der Waals surface area contributed by atoms with Crippen molar-refractivity contribution in [3.8, 4) is 5.75 Å². The van der Waals surface area contributed by atoms with Gasteiger partial charge in [-0.25, -0.2) is 4.79 Å². The fourth-order valence-corrected chi connectivity index (χ4v) is 3.70. The zero-order valence-corrected chi connectivity index (χ0v) is 17.3. The number of amides is 4. The van der Waals surface area contributed by atoms with Crippen LogP contribution >= 0.6 is 0 Å². The Morgan fingerprint density at radius 2 is 1.70 bits per heavy atom. The van der Waals surface area contributed by atoms with E-state index in [1.165, 1.54) is 18.2 Å². The third-order valence-corrected chi connectivity index (χ3v) is 5.26. The van der Waals surface area contributed by atoms with Gasteiger partial charge in [-0.05, 0) is 37.3 Å². The fourth-order valence-electron chi connectivity index (χ4n) is 3.70. The van der Waals surface area contributed by atoms with E-state index in [4.69, 9.17) is 4.74 Å². The molecule has 2 heterocycles. The standard InChI is InChI=1S/C23H18F3N3O4/c1-13-17(12-18-20(30)27-22(32)28-21(18)31)16-7-2-3-8-19(16)29(13)9-10-33-15-6-4-5-14(11-15)23(24,25)26/h2-8,11-12H,9-10H2,1H3,(H2,27,28,30,31,32). The number of urea groups is 1. The Labute approximate surface area is 185 Å². The summed E-state index contributed by atoms with van der Waals surface area (Å²) in [6.07, 6.45) is -3.05. The lowest BCUT2D eigenvalue weighted by atomic mass is 10.1. The molecule has 170 valence electrons. The summed E-state index contributed by atoms with van der Waals surface area (Å²) in [5, 5.41) is 4.84. The molecule has 1 aliphatic heterocycles. The van der Waals surface area contributed by atoms with E-state index in [-0.39, 0.29) is 17.9 Å². The van der Waals surface area contributed by atoms with Crippen molar-refractivity contribution in [2.75, 3.05) is 6.61 Å². The van der Waals surface area contributed by atoms with Crippen LogP contribution in [-0.4, -0.2) is 29.0 Å². The summed E-state index contributed by atoms with van der Waals surface area (Å²) in [6, 6.07) is 11.1. The number of benzene rings is 2. The van der Waals surface area contributed by atoms with Crippen LogP contribution in [0.4, 0.5) is 18.0 Å². The highest BCUT2D eigenvalue weighted by Crippen LogP contribution is 2.32. The van der Waals surface area contributed by atoms with Gasteiger partial charge in [0.05, 0.1) is 12.1 Å². The number of fused-ring (bicyclic) bond motifs is 1. The van der Waals surface area contributed by atoms with Crippen molar-refractivity contribution in [2.45, 2.75) is 19.6 Å². The maximum atomic E-state index is 12.9. The predicted molar refractivity (Wildman–Crippen MR) is 113 cm³/mol. The molecule has 0 unspecified atom stereocenters. The molecule has 2 aromatic carbocycles. The Kier molecular flexibility index (Phi) is 5.67. The molecule has 0 radical (unpaired) electrons. The minimum absolute atomic E-state index is 0.0896. The molecule has 0 spiro atoms. The van der Waals surface area contributed by atoms with E-state index < -0.39 is 29.6 Å². The molecule has 1 aliphatic rings. The zero-order chi connectivity index (χ0) is 23.8. The second kappa shape index (κ2) is 8.45. The second-order valence-electron chi connectivity index (χ2n) is 7.34. The molecule has 0 aliphatic carbocycles. The molecule has 0 atom stereocenters. The van der Waals surface area contributed by atoms with E-state index in [2.05, 4.69) is 0 Å². The summed E-state index contributed by atoms with van der Waals surface area (Å²) < 4.78 is 46.2. The molecule has 0 bridgehead atoms. The quantitative estimate of drug-likeness (QED) is 0.451. The van der Waals surface area contributed by atoms with Crippen molar-refractivity contribution in [2.24, 2.45) is 0 Å². The first-order valence-corrected chi connectivity index (χ1v) is 9.91. The van der Waals surface area contributed by atoms with Gasteiger partial charge in [0.1, 0.15) is 17.9 Å². The summed E-state index contributed by atoms with van der Waals surface area (Å²) in [5.74, 6) is -1.50. The SMILES string of the molecule is Cc1c(C=C2C(=O)NC(=O)NC2=O)c2ccccc2n1CCOc1cccc(C(F)(F)F)c1. The Balaban J connectivity index is 1.62. The van der Waals surface area contributed by atoms with E-state index >= 15 is 0 Å². The molecule has 3 aromatic rings. The third-order valence-electron chi connectivity index (χ3n) is 5.26. The summed E-state index contributed by atoms with van der Waals surface area (Å²) in [4.78, 5) is 35.6. The second-order valence-corrected chi connectivity index (χ2v) is 7.34. The van der Waals surface area contributed by atoms with Crippen molar-refractivity contribution >= 4 is 34.8 Å². The number of imide groups is 2. The number of alkyl halides is 3. The van der Waals surface area contributed by atoms with E-state index in [0.717, 1.165) is 23.0 Å². The lowest BCUT2D eigenvalue weighted by molar-refractivity contribution is -0.137. The van der Waals surface area contributed by atoms with Crippen LogP contribution in [-0.2, 0) is 22.3 Å². The molecule has 1 fully saturated rings. The Morgan fingerprint density at radius 3 is 2.39 bits per heavy atom. The van der Waals surface area contributed by atoms with Crippen LogP contribution in [0.1, 0.15) is 16.8 Å². The predicted octanol–water partition coefficient (Wildman–Crippen LogP) is 3.80. The molecule has 2 N–H and O–H groups in total.